The minimum Gasteiger partial charge on any atom is -0.493 e. The Morgan fingerprint density at radius 3 is 2.37 bits per heavy atom. The third kappa shape index (κ3) is 5.87. The van der Waals surface area contributed by atoms with Crippen LogP contribution in [0.2, 0.25) is 0 Å². The highest BCUT2D eigenvalue weighted by Crippen LogP contribution is 2.32. The van der Waals surface area contributed by atoms with Crippen LogP contribution in [-0.2, 0) is 0 Å². The van der Waals surface area contributed by atoms with Crippen LogP contribution in [0.1, 0.15) is 25.6 Å². The second kappa shape index (κ2) is 8.28. The molecule has 0 spiro atoms. The zero-order valence-corrected chi connectivity index (χ0v) is 15.8. The van der Waals surface area contributed by atoms with Crippen molar-refractivity contribution in [1.29, 1.82) is 0 Å². The molecule has 0 atom stereocenters. The second-order valence-corrected chi connectivity index (χ2v) is 6.26. The molecule has 0 radical (unpaired) electrons. The molecule has 1 heterocycles. The van der Waals surface area contributed by atoms with Gasteiger partial charge in [0.1, 0.15) is 5.82 Å². The SMILES string of the molecule is COc1ccc(Nc2nc(C(C)C)nc(N(C)C)n2)cc1OCC(F)(F)F. The van der Waals surface area contributed by atoms with Gasteiger partial charge in [-0.2, -0.15) is 28.1 Å². The Hall–Kier alpha value is -2.78. The molecule has 0 saturated heterocycles. The van der Waals surface area contributed by atoms with E-state index in [9.17, 15) is 13.2 Å². The molecule has 0 fully saturated rings. The summed E-state index contributed by atoms with van der Waals surface area (Å²) in [6, 6.07) is 4.54. The molecular weight excluding hydrogens is 363 g/mol. The van der Waals surface area contributed by atoms with Crippen LogP contribution in [0, 0.1) is 0 Å². The lowest BCUT2D eigenvalue weighted by Gasteiger charge is -2.16. The smallest absolute Gasteiger partial charge is 0.422 e. The van der Waals surface area contributed by atoms with Gasteiger partial charge in [-0.25, -0.2) is 0 Å². The van der Waals surface area contributed by atoms with Crippen LogP contribution in [-0.4, -0.2) is 48.9 Å². The van der Waals surface area contributed by atoms with Gasteiger partial charge in [-0.1, -0.05) is 13.8 Å². The van der Waals surface area contributed by atoms with Crippen molar-refractivity contribution in [2.75, 3.05) is 38.0 Å². The van der Waals surface area contributed by atoms with E-state index >= 15 is 0 Å². The number of nitrogens with zero attached hydrogens (tertiary/aromatic N) is 4. The normalized spacial score (nSPS) is 11.4. The van der Waals surface area contributed by atoms with Crippen LogP contribution >= 0.6 is 0 Å². The zero-order valence-electron chi connectivity index (χ0n) is 15.8. The van der Waals surface area contributed by atoms with Crippen molar-refractivity contribution in [2.24, 2.45) is 0 Å². The molecule has 2 rings (SSSR count). The van der Waals surface area contributed by atoms with Crippen molar-refractivity contribution < 1.29 is 22.6 Å². The van der Waals surface area contributed by atoms with E-state index in [1.165, 1.54) is 19.2 Å². The number of nitrogens with one attached hydrogen (secondary N) is 1. The number of hydrogen-bond acceptors (Lipinski definition) is 7. The second-order valence-electron chi connectivity index (χ2n) is 6.26. The molecule has 0 aliphatic rings. The summed E-state index contributed by atoms with van der Waals surface area (Å²) in [4.78, 5) is 14.8. The average Bonchev–Trinajstić information content (AvgIpc) is 2.59. The van der Waals surface area contributed by atoms with E-state index in [4.69, 9.17) is 9.47 Å². The maximum absolute atomic E-state index is 12.5. The minimum absolute atomic E-state index is 0.0363. The highest BCUT2D eigenvalue weighted by Gasteiger charge is 2.29. The number of aromatic nitrogens is 3. The molecule has 0 amide bonds. The van der Waals surface area contributed by atoms with Crippen LogP contribution in [0.3, 0.4) is 0 Å². The van der Waals surface area contributed by atoms with Crippen molar-refractivity contribution in [2.45, 2.75) is 25.9 Å². The van der Waals surface area contributed by atoms with Gasteiger partial charge in [0, 0.05) is 31.8 Å². The Balaban J connectivity index is 2.31. The first-order chi connectivity index (χ1) is 12.6. The highest BCUT2D eigenvalue weighted by atomic mass is 19.4. The molecule has 0 aliphatic carbocycles. The molecule has 27 heavy (non-hydrogen) atoms. The lowest BCUT2D eigenvalue weighted by molar-refractivity contribution is -0.153. The summed E-state index contributed by atoms with van der Waals surface area (Å²) >= 11 is 0. The first kappa shape index (κ1) is 20.5. The molecule has 7 nitrogen and oxygen atoms in total. The van der Waals surface area contributed by atoms with Gasteiger partial charge in [-0.05, 0) is 12.1 Å². The minimum atomic E-state index is -4.45. The van der Waals surface area contributed by atoms with Crippen molar-refractivity contribution in [1.82, 2.24) is 15.0 Å². The van der Waals surface area contributed by atoms with E-state index in [-0.39, 0.29) is 23.4 Å². The largest absolute Gasteiger partial charge is 0.493 e. The first-order valence-corrected chi connectivity index (χ1v) is 8.17. The number of anilines is 3. The van der Waals surface area contributed by atoms with Gasteiger partial charge in [0.05, 0.1) is 7.11 Å². The summed E-state index contributed by atoms with van der Waals surface area (Å²) < 4.78 is 47.2. The summed E-state index contributed by atoms with van der Waals surface area (Å²) in [7, 11) is 4.96. The monoisotopic (exact) mass is 385 g/mol. The van der Waals surface area contributed by atoms with E-state index < -0.39 is 12.8 Å². The quantitative estimate of drug-likeness (QED) is 0.778. The Morgan fingerprint density at radius 2 is 1.81 bits per heavy atom. The predicted octanol–water partition coefficient (Wildman–Crippen LogP) is 3.75. The molecule has 2 aromatic rings. The van der Waals surface area contributed by atoms with Crippen molar-refractivity contribution in [3.63, 3.8) is 0 Å². The average molecular weight is 385 g/mol. The Bertz CT molecular complexity index is 755. The Kier molecular flexibility index (Phi) is 6.29. The molecule has 148 valence electrons. The maximum Gasteiger partial charge on any atom is 0.422 e. The molecule has 1 N–H and O–H groups in total. The van der Waals surface area contributed by atoms with Gasteiger partial charge in [0.25, 0.3) is 0 Å². The van der Waals surface area contributed by atoms with Gasteiger partial charge in [-0.15, -0.1) is 0 Å². The molecule has 0 bridgehead atoms. The topological polar surface area (TPSA) is 72.4 Å². The highest BCUT2D eigenvalue weighted by molar-refractivity contribution is 5.60. The van der Waals surface area contributed by atoms with Crippen molar-refractivity contribution in [3.8, 4) is 11.5 Å². The van der Waals surface area contributed by atoms with Crippen LogP contribution in [0.4, 0.5) is 30.8 Å². The number of rotatable bonds is 7. The summed E-state index contributed by atoms with van der Waals surface area (Å²) in [6.45, 7) is 2.49. The summed E-state index contributed by atoms with van der Waals surface area (Å²) in [5.74, 6) is 1.58. The maximum atomic E-state index is 12.5. The molecule has 0 aliphatic heterocycles. The number of halogens is 3. The molecule has 0 unspecified atom stereocenters. The van der Waals surface area contributed by atoms with Gasteiger partial charge < -0.3 is 19.7 Å². The Labute approximate surface area is 155 Å². The fourth-order valence-electron chi connectivity index (χ4n) is 2.05. The number of benzene rings is 1. The number of alkyl halides is 3. The lowest BCUT2D eigenvalue weighted by Crippen LogP contribution is -2.19. The number of ether oxygens (including phenoxy) is 2. The predicted molar refractivity (Wildman–Crippen MR) is 96.1 cm³/mol. The Morgan fingerprint density at radius 1 is 1.11 bits per heavy atom. The third-order valence-electron chi connectivity index (χ3n) is 3.37. The third-order valence-corrected chi connectivity index (χ3v) is 3.37. The molecular formula is C17H22F3N5O2. The molecule has 1 aromatic carbocycles. The van der Waals surface area contributed by atoms with Crippen LogP contribution < -0.4 is 19.7 Å². The first-order valence-electron chi connectivity index (χ1n) is 8.17. The van der Waals surface area contributed by atoms with E-state index in [1.807, 2.05) is 13.8 Å². The van der Waals surface area contributed by atoms with Crippen LogP contribution in [0.25, 0.3) is 0 Å². The van der Waals surface area contributed by atoms with Gasteiger partial charge in [-0.3, -0.25) is 0 Å². The molecule has 0 saturated carbocycles. The van der Waals surface area contributed by atoms with E-state index in [0.29, 0.717) is 17.5 Å². The zero-order chi connectivity index (χ0) is 20.2. The fraction of sp³-hybridized carbons (Fsp3) is 0.471. The lowest BCUT2D eigenvalue weighted by atomic mass is 10.2. The summed E-state index contributed by atoms with van der Waals surface area (Å²) in [6.07, 6.45) is -4.45. The number of hydrogen-bond donors (Lipinski definition) is 1. The van der Waals surface area contributed by atoms with Gasteiger partial charge in [0.15, 0.2) is 18.1 Å². The molecule has 1 aromatic heterocycles. The van der Waals surface area contributed by atoms with Crippen LogP contribution in [0.15, 0.2) is 18.2 Å². The van der Waals surface area contributed by atoms with Crippen LogP contribution in [0.5, 0.6) is 11.5 Å². The fourth-order valence-corrected chi connectivity index (χ4v) is 2.05. The molecule has 10 heteroatoms. The van der Waals surface area contributed by atoms with Crippen molar-refractivity contribution >= 4 is 17.6 Å². The van der Waals surface area contributed by atoms with Gasteiger partial charge in [0.2, 0.25) is 11.9 Å². The van der Waals surface area contributed by atoms with E-state index in [0.717, 1.165) is 0 Å². The van der Waals surface area contributed by atoms with E-state index in [1.54, 1.807) is 25.1 Å². The van der Waals surface area contributed by atoms with Crippen molar-refractivity contribution in [3.05, 3.63) is 24.0 Å². The summed E-state index contributed by atoms with van der Waals surface area (Å²) in [5, 5.41) is 2.98. The summed E-state index contributed by atoms with van der Waals surface area (Å²) in [5.41, 5.74) is 0.457. The standard InChI is InChI=1S/C17H22F3N5O2/c1-10(2)14-22-15(24-16(23-14)25(3)4)21-11-6-7-12(26-5)13(8-11)27-9-17(18,19)20/h6-8,10H,9H2,1-5H3,(H,21,22,23,24). The van der Waals surface area contributed by atoms with E-state index in [2.05, 4.69) is 20.3 Å². The van der Waals surface area contributed by atoms with Gasteiger partial charge >= 0.3 is 6.18 Å². The number of methoxy groups -OCH3 is 1.